The monoisotopic (exact) mass is 255 g/mol. The van der Waals surface area contributed by atoms with Crippen molar-refractivity contribution in [3.05, 3.63) is 0 Å². The van der Waals surface area contributed by atoms with E-state index in [9.17, 15) is 10.1 Å². The van der Waals surface area contributed by atoms with E-state index in [1.165, 1.54) is 0 Å². The van der Waals surface area contributed by atoms with Crippen LogP contribution in [-0.4, -0.2) is 53.0 Å². The molecule has 0 saturated carbocycles. The first kappa shape index (κ1) is 14.2. The van der Waals surface area contributed by atoms with Gasteiger partial charge in [-0.2, -0.15) is 5.26 Å². The lowest BCUT2D eigenvalue weighted by Gasteiger charge is -2.38. The Labute approximate surface area is 108 Å². The van der Waals surface area contributed by atoms with Crippen molar-refractivity contribution in [3.8, 4) is 6.07 Å². The zero-order chi connectivity index (χ0) is 12.9. The van der Waals surface area contributed by atoms with Gasteiger partial charge in [-0.3, -0.25) is 0 Å². The molecule has 0 spiro atoms. The predicted octanol–water partition coefficient (Wildman–Crippen LogP) is 2.17. The van der Waals surface area contributed by atoms with Gasteiger partial charge in [0.1, 0.15) is 4.75 Å². The Kier molecular flexibility index (Phi) is 5.13. The maximum atomic E-state index is 12.1. The molecule has 1 aliphatic rings. The molecule has 4 nitrogen and oxygen atoms in total. The van der Waals surface area contributed by atoms with Crippen LogP contribution < -0.4 is 0 Å². The molecule has 17 heavy (non-hydrogen) atoms. The minimum atomic E-state index is -0.278. The Morgan fingerprint density at radius 1 is 1.41 bits per heavy atom. The minimum absolute atomic E-state index is 0.114. The molecule has 0 atom stereocenters. The third kappa shape index (κ3) is 3.06. The molecule has 5 heteroatoms. The van der Waals surface area contributed by atoms with Crippen LogP contribution in [-0.2, 0) is 0 Å². The fraction of sp³-hybridized carbons (Fsp3) is 0.833. The zero-order valence-electron chi connectivity index (χ0n) is 10.9. The molecule has 1 saturated heterocycles. The van der Waals surface area contributed by atoms with E-state index >= 15 is 0 Å². The molecule has 2 amide bonds. The Morgan fingerprint density at radius 3 is 2.29 bits per heavy atom. The van der Waals surface area contributed by atoms with Gasteiger partial charge in [0, 0.05) is 26.2 Å². The first-order valence-electron chi connectivity index (χ1n) is 6.12. The van der Waals surface area contributed by atoms with Crippen molar-refractivity contribution < 1.29 is 4.79 Å². The van der Waals surface area contributed by atoms with Crippen molar-refractivity contribution in [1.82, 2.24) is 9.80 Å². The van der Waals surface area contributed by atoms with Crippen molar-refractivity contribution in [2.24, 2.45) is 0 Å². The number of nitriles is 1. The molecule has 0 unspecified atom stereocenters. The Bertz CT molecular complexity index is 301. The molecule has 0 aromatic heterocycles. The van der Waals surface area contributed by atoms with Gasteiger partial charge in [-0.25, -0.2) is 4.79 Å². The number of nitrogens with zero attached hydrogens (tertiary/aromatic N) is 3. The van der Waals surface area contributed by atoms with E-state index in [2.05, 4.69) is 6.07 Å². The average molecular weight is 255 g/mol. The highest BCUT2D eigenvalue weighted by Gasteiger charge is 2.36. The van der Waals surface area contributed by atoms with E-state index in [0.29, 0.717) is 13.1 Å². The van der Waals surface area contributed by atoms with Crippen molar-refractivity contribution in [2.45, 2.75) is 31.4 Å². The predicted molar refractivity (Wildman–Crippen MR) is 71.0 cm³/mol. The topological polar surface area (TPSA) is 47.3 Å². The molecule has 0 radical (unpaired) electrons. The number of likely N-dealkylation sites (tertiary alicyclic amines) is 1. The summed E-state index contributed by atoms with van der Waals surface area (Å²) in [5.41, 5.74) is 0. The van der Waals surface area contributed by atoms with Crippen LogP contribution in [0.25, 0.3) is 0 Å². The summed E-state index contributed by atoms with van der Waals surface area (Å²) >= 11 is 1.61. The Morgan fingerprint density at radius 2 is 1.94 bits per heavy atom. The number of hydrogen-bond acceptors (Lipinski definition) is 3. The van der Waals surface area contributed by atoms with E-state index in [4.69, 9.17) is 0 Å². The van der Waals surface area contributed by atoms with Gasteiger partial charge >= 0.3 is 6.03 Å². The Hall–Kier alpha value is -0.890. The normalized spacial score (nSPS) is 18.6. The quantitative estimate of drug-likeness (QED) is 0.776. The van der Waals surface area contributed by atoms with Crippen LogP contribution in [0.1, 0.15) is 26.7 Å². The highest BCUT2D eigenvalue weighted by atomic mass is 32.2. The van der Waals surface area contributed by atoms with E-state index < -0.39 is 0 Å². The lowest BCUT2D eigenvalue weighted by molar-refractivity contribution is 0.145. The van der Waals surface area contributed by atoms with E-state index in [0.717, 1.165) is 25.9 Å². The van der Waals surface area contributed by atoms with Crippen molar-refractivity contribution in [2.75, 3.05) is 32.4 Å². The minimum Gasteiger partial charge on any atom is -0.325 e. The first-order valence-corrected chi connectivity index (χ1v) is 7.35. The molecule has 1 fully saturated rings. The lowest BCUT2D eigenvalue weighted by atomic mass is 9.97. The van der Waals surface area contributed by atoms with Gasteiger partial charge in [-0.15, -0.1) is 11.8 Å². The molecule has 1 heterocycles. The van der Waals surface area contributed by atoms with Crippen molar-refractivity contribution in [3.63, 3.8) is 0 Å². The summed E-state index contributed by atoms with van der Waals surface area (Å²) in [5, 5.41) is 9.18. The number of urea groups is 1. The fourth-order valence-corrected chi connectivity index (χ4v) is 2.80. The summed E-state index contributed by atoms with van der Waals surface area (Å²) < 4.78 is -0.278. The van der Waals surface area contributed by atoms with Gasteiger partial charge in [0.2, 0.25) is 0 Å². The van der Waals surface area contributed by atoms with Gasteiger partial charge in [0.15, 0.2) is 0 Å². The molecule has 0 aromatic carbocycles. The number of carbonyl (C=O) groups is 1. The van der Waals surface area contributed by atoms with Crippen molar-refractivity contribution >= 4 is 17.8 Å². The van der Waals surface area contributed by atoms with Gasteiger partial charge in [-0.05, 0) is 32.9 Å². The highest BCUT2D eigenvalue weighted by Crippen LogP contribution is 2.33. The lowest BCUT2D eigenvalue weighted by Crippen LogP contribution is -2.49. The third-order valence-corrected chi connectivity index (χ3v) is 4.75. The van der Waals surface area contributed by atoms with Crippen molar-refractivity contribution in [1.29, 1.82) is 5.26 Å². The molecule has 0 aliphatic carbocycles. The van der Waals surface area contributed by atoms with Gasteiger partial charge in [-0.1, -0.05) is 0 Å². The molecule has 1 aliphatic heterocycles. The van der Waals surface area contributed by atoms with Crippen LogP contribution in [0.4, 0.5) is 4.79 Å². The van der Waals surface area contributed by atoms with Crippen LogP contribution in [0.3, 0.4) is 0 Å². The van der Waals surface area contributed by atoms with Crippen LogP contribution in [0.5, 0.6) is 0 Å². The molecule has 0 bridgehead atoms. The number of hydrogen-bond donors (Lipinski definition) is 0. The van der Waals surface area contributed by atoms with Crippen LogP contribution in [0.15, 0.2) is 0 Å². The van der Waals surface area contributed by atoms with Gasteiger partial charge in [0.25, 0.3) is 0 Å². The molecule has 96 valence electrons. The summed E-state index contributed by atoms with van der Waals surface area (Å²) in [7, 11) is 0. The summed E-state index contributed by atoms with van der Waals surface area (Å²) in [5.74, 6) is 0. The average Bonchev–Trinajstić information content (AvgIpc) is 2.40. The van der Waals surface area contributed by atoms with Crippen LogP contribution in [0, 0.1) is 11.3 Å². The number of amides is 2. The van der Waals surface area contributed by atoms with Crippen LogP contribution >= 0.6 is 11.8 Å². The second-order valence-corrected chi connectivity index (χ2v) is 5.44. The van der Waals surface area contributed by atoms with Gasteiger partial charge in [0.05, 0.1) is 6.07 Å². The van der Waals surface area contributed by atoms with E-state index in [1.807, 2.05) is 29.9 Å². The molecular weight excluding hydrogens is 234 g/mol. The number of thioether (sulfide) groups is 1. The second-order valence-electron chi connectivity index (χ2n) is 4.25. The zero-order valence-corrected chi connectivity index (χ0v) is 11.7. The maximum absolute atomic E-state index is 12.1. The standard InChI is InChI=1S/C12H21N3OS/c1-4-14(5-2)11(16)15-8-6-12(10-13,17-3)7-9-15/h4-9H2,1-3H3. The summed E-state index contributed by atoms with van der Waals surface area (Å²) in [6.45, 7) is 6.88. The number of piperidine rings is 1. The number of rotatable bonds is 3. The summed E-state index contributed by atoms with van der Waals surface area (Å²) in [6, 6.07) is 2.51. The highest BCUT2D eigenvalue weighted by molar-refractivity contribution is 8.00. The largest absolute Gasteiger partial charge is 0.325 e. The van der Waals surface area contributed by atoms with Crippen LogP contribution in [0.2, 0.25) is 0 Å². The summed E-state index contributed by atoms with van der Waals surface area (Å²) in [4.78, 5) is 15.8. The third-order valence-electron chi connectivity index (χ3n) is 3.47. The molecular formula is C12H21N3OS. The number of carbonyl (C=O) groups excluding carboxylic acids is 1. The fourth-order valence-electron chi connectivity index (χ4n) is 2.11. The van der Waals surface area contributed by atoms with Gasteiger partial charge < -0.3 is 9.80 Å². The molecule has 0 N–H and O–H groups in total. The SMILES string of the molecule is CCN(CC)C(=O)N1CCC(C#N)(SC)CC1. The van der Waals surface area contributed by atoms with E-state index in [1.54, 1.807) is 11.8 Å². The molecule has 0 aromatic rings. The maximum Gasteiger partial charge on any atom is 0.319 e. The first-order chi connectivity index (χ1) is 8.12. The second kappa shape index (κ2) is 6.15. The van der Waals surface area contributed by atoms with E-state index in [-0.39, 0.29) is 10.8 Å². The Balaban J connectivity index is 2.58. The smallest absolute Gasteiger partial charge is 0.319 e. The molecule has 1 rings (SSSR count). The summed E-state index contributed by atoms with van der Waals surface area (Å²) in [6.07, 6.45) is 3.53.